The Kier molecular flexibility index (Phi) is 4.59. The molecule has 2 aliphatic rings. The number of benzene rings is 1. The Morgan fingerprint density at radius 3 is 2.52 bits per heavy atom. The summed E-state index contributed by atoms with van der Waals surface area (Å²) in [6, 6.07) is 10.8. The molecule has 1 aromatic rings. The third-order valence-corrected chi connectivity index (χ3v) is 5.06. The highest BCUT2D eigenvalue weighted by Gasteiger charge is 2.32. The van der Waals surface area contributed by atoms with Gasteiger partial charge in [-0.15, -0.1) is 0 Å². The van der Waals surface area contributed by atoms with Gasteiger partial charge >= 0.3 is 0 Å². The van der Waals surface area contributed by atoms with Gasteiger partial charge in [-0.1, -0.05) is 30.3 Å². The summed E-state index contributed by atoms with van der Waals surface area (Å²) in [4.78, 5) is 17.1. The van der Waals surface area contributed by atoms with E-state index in [1.165, 1.54) is 31.2 Å². The molecule has 0 unspecified atom stereocenters. The van der Waals surface area contributed by atoms with E-state index >= 15 is 0 Å². The van der Waals surface area contributed by atoms with Crippen LogP contribution in [-0.4, -0.2) is 47.9 Å². The molecule has 2 heterocycles. The Hall–Kier alpha value is -1.35. The summed E-state index contributed by atoms with van der Waals surface area (Å²) < 4.78 is 0. The van der Waals surface area contributed by atoms with Crippen LogP contribution in [0.2, 0.25) is 0 Å². The molecular formula is C18H26N2O. The number of rotatable bonds is 3. The topological polar surface area (TPSA) is 23.6 Å². The molecule has 2 atom stereocenters. The first kappa shape index (κ1) is 14.6. The SMILES string of the molecule is C[C@@H](C(=O)N1CCCCC1)N1CC[C@@H](c2ccccc2)C1. The lowest BCUT2D eigenvalue weighted by molar-refractivity contribution is -0.136. The second-order valence-corrected chi connectivity index (χ2v) is 6.45. The predicted octanol–water partition coefficient (Wildman–Crippen LogP) is 2.88. The zero-order valence-corrected chi connectivity index (χ0v) is 13.0. The van der Waals surface area contributed by atoms with E-state index in [1.54, 1.807) is 0 Å². The molecule has 0 spiro atoms. The lowest BCUT2D eigenvalue weighted by Gasteiger charge is -2.32. The standard InChI is InChI=1S/C18H26N2O/c1-15(18(21)19-11-6-3-7-12-19)20-13-10-17(14-20)16-8-4-2-5-9-16/h2,4-5,8-9,15,17H,3,6-7,10-14H2,1H3/t15-,17+/m0/s1. The zero-order valence-electron chi connectivity index (χ0n) is 13.0. The Bertz CT molecular complexity index is 467. The molecule has 3 heteroatoms. The molecule has 2 saturated heterocycles. The van der Waals surface area contributed by atoms with E-state index in [0.29, 0.717) is 11.8 Å². The lowest BCUT2D eigenvalue weighted by Crippen LogP contribution is -2.47. The van der Waals surface area contributed by atoms with Crippen molar-refractivity contribution in [3.05, 3.63) is 35.9 Å². The van der Waals surface area contributed by atoms with Gasteiger partial charge in [-0.2, -0.15) is 0 Å². The number of piperidine rings is 1. The predicted molar refractivity (Wildman–Crippen MR) is 85.3 cm³/mol. The minimum Gasteiger partial charge on any atom is -0.341 e. The van der Waals surface area contributed by atoms with Crippen LogP contribution >= 0.6 is 0 Å². The van der Waals surface area contributed by atoms with Crippen molar-refractivity contribution in [3.63, 3.8) is 0 Å². The number of carbonyl (C=O) groups excluding carboxylic acids is 1. The molecule has 0 bridgehead atoms. The molecule has 1 amide bonds. The zero-order chi connectivity index (χ0) is 14.7. The van der Waals surface area contributed by atoms with Gasteiger partial charge < -0.3 is 4.90 Å². The summed E-state index contributed by atoms with van der Waals surface area (Å²) in [6.07, 6.45) is 4.79. The van der Waals surface area contributed by atoms with E-state index in [2.05, 4.69) is 47.1 Å². The van der Waals surface area contributed by atoms with Crippen LogP contribution in [0.1, 0.15) is 44.1 Å². The van der Waals surface area contributed by atoms with Crippen LogP contribution in [0.3, 0.4) is 0 Å². The van der Waals surface area contributed by atoms with E-state index in [0.717, 1.165) is 26.2 Å². The second kappa shape index (κ2) is 6.61. The highest BCUT2D eigenvalue weighted by molar-refractivity contribution is 5.81. The average molecular weight is 286 g/mol. The monoisotopic (exact) mass is 286 g/mol. The van der Waals surface area contributed by atoms with Gasteiger partial charge in [0, 0.05) is 19.6 Å². The molecule has 0 N–H and O–H groups in total. The Balaban J connectivity index is 1.59. The van der Waals surface area contributed by atoms with Gasteiger partial charge in [0.1, 0.15) is 0 Å². The van der Waals surface area contributed by atoms with Gasteiger partial charge in [0.15, 0.2) is 0 Å². The van der Waals surface area contributed by atoms with Crippen molar-refractivity contribution in [2.24, 2.45) is 0 Å². The summed E-state index contributed by atoms with van der Waals surface area (Å²) in [5.74, 6) is 0.922. The van der Waals surface area contributed by atoms with Gasteiger partial charge in [0.05, 0.1) is 6.04 Å². The number of amides is 1. The second-order valence-electron chi connectivity index (χ2n) is 6.45. The quantitative estimate of drug-likeness (QED) is 0.853. The molecule has 0 saturated carbocycles. The molecule has 3 rings (SSSR count). The van der Waals surface area contributed by atoms with Crippen molar-refractivity contribution < 1.29 is 4.79 Å². The number of likely N-dealkylation sites (tertiary alicyclic amines) is 2. The maximum atomic E-state index is 12.6. The van der Waals surface area contributed by atoms with Gasteiger partial charge in [-0.3, -0.25) is 9.69 Å². The van der Waals surface area contributed by atoms with E-state index < -0.39 is 0 Å². The summed E-state index contributed by atoms with van der Waals surface area (Å²) in [7, 11) is 0. The number of hydrogen-bond donors (Lipinski definition) is 0. The van der Waals surface area contributed by atoms with Crippen LogP contribution in [-0.2, 0) is 4.79 Å². The van der Waals surface area contributed by atoms with Crippen LogP contribution in [0.4, 0.5) is 0 Å². The highest BCUT2D eigenvalue weighted by atomic mass is 16.2. The van der Waals surface area contributed by atoms with Gasteiger partial charge in [-0.25, -0.2) is 0 Å². The molecule has 2 fully saturated rings. The van der Waals surface area contributed by atoms with Gasteiger partial charge in [-0.05, 0) is 50.6 Å². The first-order valence-corrected chi connectivity index (χ1v) is 8.33. The molecule has 2 aliphatic heterocycles. The van der Waals surface area contributed by atoms with Crippen LogP contribution in [0.15, 0.2) is 30.3 Å². The third kappa shape index (κ3) is 3.29. The molecule has 21 heavy (non-hydrogen) atoms. The smallest absolute Gasteiger partial charge is 0.239 e. The fourth-order valence-corrected chi connectivity index (χ4v) is 3.67. The lowest BCUT2D eigenvalue weighted by atomic mass is 9.99. The molecule has 1 aromatic carbocycles. The van der Waals surface area contributed by atoms with E-state index in [-0.39, 0.29) is 6.04 Å². The van der Waals surface area contributed by atoms with E-state index in [9.17, 15) is 4.79 Å². The molecule has 0 radical (unpaired) electrons. The summed E-state index contributed by atoms with van der Waals surface area (Å²) >= 11 is 0. The van der Waals surface area contributed by atoms with Crippen LogP contribution in [0.25, 0.3) is 0 Å². The number of nitrogens with zero attached hydrogens (tertiary/aromatic N) is 2. The maximum absolute atomic E-state index is 12.6. The van der Waals surface area contributed by atoms with Gasteiger partial charge in [0.2, 0.25) is 5.91 Å². The Morgan fingerprint density at radius 2 is 1.81 bits per heavy atom. The highest BCUT2D eigenvalue weighted by Crippen LogP contribution is 2.28. The first-order valence-electron chi connectivity index (χ1n) is 8.33. The van der Waals surface area contributed by atoms with Crippen molar-refractivity contribution in [3.8, 4) is 0 Å². The van der Waals surface area contributed by atoms with Crippen molar-refractivity contribution in [2.45, 2.75) is 44.6 Å². The molecule has 0 aliphatic carbocycles. The summed E-state index contributed by atoms with van der Waals surface area (Å²) in [5, 5.41) is 0. The Labute approximate surface area is 127 Å². The fourth-order valence-electron chi connectivity index (χ4n) is 3.67. The summed E-state index contributed by atoms with van der Waals surface area (Å²) in [5.41, 5.74) is 1.41. The van der Waals surface area contributed by atoms with Crippen molar-refractivity contribution in [1.82, 2.24) is 9.80 Å². The Morgan fingerprint density at radius 1 is 1.10 bits per heavy atom. The number of hydrogen-bond acceptors (Lipinski definition) is 2. The van der Waals surface area contributed by atoms with Crippen LogP contribution in [0.5, 0.6) is 0 Å². The number of carbonyl (C=O) groups is 1. The van der Waals surface area contributed by atoms with Crippen molar-refractivity contribution in [1.29, 1.82) is 0 Å². The summed E-state index contributed by atoms with van der Waals surface area (Å²) in [6.45, 7) is 6.06. The van der Waals surface area contributed by atoms with Crippen LogP contribution in [0, 0.1) is 0 Å². The maximum Gasteiger partial charge on any atom is 0.239 e. The minimum atomic E-state index is 0.0387. The molecule has 114 valence electrons. The van der Waals surface area contributed by atoms with Crippen LogP contribution < -0.4 is 0 Å². The first-order chi connectivity index (χ1) is 10.3. The molecular weight excluding hydrogens is 260 g/mol. The van der Waals surface area contributed by atoms with Crippen molar-refractivity contribution >= 4 is 5.91 Å². The largest absolute Gasteiger partial charge is 0.341 e. The molecule has 3 nitrogen and oxygen atoms in total. The van der Waals surface area contributed by atoms with E-state index in [4.69, 9.17) is 0 Å². The van der Waals surface area contributed by atoms with Gasteiger partial charge in [0.25, 0.3) is 0 Å². The van der Waals surface area contributed by atoms with Crippen molar-refractivity contribution in [2.75, 3.05) is 26.2 Å². The molecule has 0 aromatic heterocycles. The average Bonchev–Trinajstić information content (AvgIpc) is 3.05. The van der Waals surface area contributed by atoms with E-state index in [1.807, 2.05) is 0 Å². The minimum absolute atomic E-state index is 0.0387. The third-order valence-electron chi connectivity index (χ3n) is 5.06. The fraction of sp³-hybridized carbons (Fsp3) is 0.611. The normalized spacial score (nSPS) is 25.0.